The van der Waals surface area contributed by atoms with Crippen molar-refractivity contribution in [1.29, 1.82) is 0 Å². The first kappa shape index (κ1) is 12.7. The van der Waals surface area contributed by atoms with Gasteiger partial charge in [-0.3, -0.25) is 0 Å². The third-order valence-electron chi connectivity index (χ3n) is 3.11. The van der Waals surface area contributed by atoms with Gasteiger partial charge in [0.05, 0.1) is 16.8 Å². The first-order valence-corrected chi connectivity index (χ1v) is 7.67. The van der Waals surface area contributed by atoms with Crippen molar-refractivity contribution < 1.29 is 8.42 Å². The highest BCUT2D eigenvalue weighted by Gasteiger charge is 2.18. The van der Waals surface area contributed by atoms with Crippen molar-refractivity contribution >= 4 is 26.7 Å². The van der Waals surface area contributed by atoms with Crippen LogP contribution in [0.15, 0.2) is 54.9 Å². The van der Waals surface area contributed by atoms with Crippen LogP contribution in [0.5, 0.6) is 0 Å². The topological polar surface area (TPSA) is 78.0 Å². The third-order valence-corrected chi connectivity index (χ3v) is 4.68. The summed E-state index contributed by atoms with van der Waals surface area (Å²) in [7, 11) is -3.54. The highest BCUT2D eigenvalue weighted by Crippen LogP contribution is 2.19. The fourth-order valence-corrected chi connectivity index (χ4v) is 3.53. The van der Waals surface area contributed by atoms with Gasteiger partial charge in [0.1, 0.15) is 6.33 Å². The van der Waals surface area contributed by atoms with Crippen LogP contribution >= 0.6 is 0 Å². The van der Waals surface area contributed by atoms with E-state index in [2.05, 4.69) is 4.98 Å². The van der Waals surface area contributed by atoms with E-state index in [0.717, 1.165) is 0 Å². The molecule has 0 bridgehead atoms. The molecule has 3 rings (SSSR count). The van der Waals surface area contributed by atoms with Crippen LogP contribution in [0.1, 0.15) is 5.56 Å². The maximum absolute atomic E-state index is 12.5. The molecule has 0 saturated carbocycles. The Hall–Kier alpha value is -2.34. The zero-order chi connectivity index (χ0) is 14.2. The lowest BCUT2D eigenvalue weighted by Crippen LogP contribution is -2.15. The molecule has 2 N–H and O–H groups in total. The highest BCUT2D eigenvalue weighted by molar-refractivity contribution is 7.89. The summed E-state index contributed by atoms with van der Waals surface area (Å²) >= 11 is 0. The van der Waals surface area contributed by atoms with Crippen LogP contribution in [0.25, 0.3) is 11.0 Å². The van der Waals surface area contributed by atoms with E-state index in [1.165, 1.54) is 10.3 Å². The summed E-state index contributed by atoms with van der Waals surface area (Å²) < 4.78 is 26.2. The molecule has 0 atom stereocenters. The van der Waals surface area contributed by atoms with Crippen molar-refractivity contribution in [2.24, 2.45) is 0 Å². The minimum atomic E-state index is -3.54. The van der Waals surface area contributed by atoms with Gasteiger partial charge < -0.3 is 5.73 Å². The van der Waals surface area contributed by atoms with Crippen LogP contribution in [0, 0.1) is 0 Å². The fourth-order valence-electron chi connectivity index (χ4n) is 2.09. The number of nitrogen functional groups attached to an aromatic ring is 1. The van der Waals surface area contributed by atoms with Gasteiger partial charge in [-0.1, -0.05) is 30.3 Å². The fraction of sp³-hybridized carbons (Fsp3) is 0.0714. The number of benzene rings is 2. The van der Waals surface area contributed by atoms with E-state index in [1.54, 1.807) is 42.5 Å². The number of aromatic nitrogens is 2. The minimum absolute atomic E-state index is 0.153. The van der Waals surface area contributed by atoms with E-state index < -0.39 is 10.0 Å². The Morgan fingerprint density at radius 2 is 1.75 bits per heavy atom. The van der Waals surface area contributed by atoms with Gasteiger partial charge in [0.25, 0.3) is 0 Å². The van der Waals surface area contributed by atoms with Gasteiger partial charge >= 0.3 is 0 Å². The Morgan fingerprint density at radius 1 is 1.05 bits per heavy atom. The lowest BCUT2D eigenvalue weighted by Gasteiger charge is -2.08. The van der Waals surface area contributed by atoms with Crippen molar-refractivity contribution in [2.75, 3.05) is 5.73 Å². The molecule has 2 aromatic carbocycles. The minimum Gasteiger partial charge on any atom is -0.398 e. The van der Waals surface area contributed by atoms with Crippen LogP contribution in [0.2, 0.25) is 0 Å². The van der Waals surface area contributed by atoms with Gasteiger partial charge in [0.2, 0.25) is 10.0 Å². The molecule has 20 heavy (non-hydrogen) atoms. The van der Waals surface area contributed by atoms with Crippen LogP contribution in [0.3, 0.4) is 0 Å². The average molecular weight is 287 g/mol. The number of rotatable bonds is 3. The molecule has 0 saturated heterocycles. The molecule has 0 aliphatic carbocycles. The van der Waals surface area contributed by atoms with Crippen molar-refractivity contribution in [1.82, 2.24) is 8.96 Å². The van der Waals surface area contributed by atoms with E-state index >= 15 is 0 Å². The Labute approximate surface area is 116 Å². The number of para-hydroxylation sites is 3. The standard InChI is InChI=1S/C14H13N3O2S/c15-12-6-2-1-5-11(12)9-20(18,19)17-10-16-13-7-3-4-8-14(13)17/h1-8,10H,9,15H2. The number of fused-ring (bicyclic) bond motifs is 1. The number of hydrogen-bond donors (Lipinski definition) is 1. The molecular weight excluding hydrogens is 274 g/mol. The van der Waals surface area contributed by atoms with Gasteiger partial charge in [-0.05, 0) is 23.8 Å². The average Bonchev–Trinajstić information content (AvgIpc) is 2.86. The molecule has 3 aromatic rings. The molecule has 6 heteroatoms. The number of nitrogens with two attached hydrogens (primary N) is 1. The Balaban J connectivity index is 2.07. The van der Waals surface area contributed by atoms with Crippen molar-refractivity contribution in [3.05, 3.63) is 60.4 Å². The molecule has 0 aliphatic rings. The molecule has 0 spiro atoms. The van der Waals surface area contributed by atoms with Crippen molar-refractivity contribution in [3.8, 4) is 0 Å². The molecule has 0 aliphatic heterocycles. The molecule has 0 unspecified atom stereocenters. The zero-order valence-electron chi connectivity index (χ0n) is 10.6. The molecule has 0 radical (unpaired) electrons. The second-order valence-electron chi connectivity index (χ2n) is 4.48. The molecule has 0 amide bonds. The molecule has 102 valence electrons. The number of hydrogen-bond acceptors (Lipinski definition) is 4. The summed E-state index contributed by atoms with van der Waals surface area (Å²) in [5.41, 5.74) is 8.09. The molecule has 1 heterocycles. The summed E-state index contributed by atoms with van der Waals surface area (Å²) in [6.07, 6.45) is 1.33. The van der Waals surface area contributed by atoms with E-state index in [9.17, 15) is 8.42 Å². The Kier molecular flexibility index (Phi) is 2.94. The normalized spacial score (nSPS) is 11.8. The summed E-state index contributed by atoms with van der Waals surface area (Å²) in [6.45, 7) is 0. The zero-order valence-corrected chi connectivity index (χ0v) is 11.4. The van der Waals surface area contributed by atoms with E-state index in [1.807, 2.05) is 6.07 Å². The summed E-state index contributed by atoms with van der Waals surface area (Å²) in [5, 5.41) is 0. The molecule has 0 fully saturated rings. The smallest absolute Gasteiger partial charge is 0.244 e. The first-order chi connectivity index (χ1) is 9.58. The maximum atomic E-state index is 12.5. The van der Waals surface area contributed by atoms with Gasteiger partial charge in [0, 0.05) is 5.69 Å². The monoisotopic (exact) mass is 287 g/mol. The second kappa shape index (κ2) is 4.64. The predicted octanol–water partition coefficient (Wildman–Crippen LogP) is 2.00. The Morgan fingerprint density at radius 3 is 2.55 bits per heavy atom. The number of anilines is 1. The van der Waals surface area contributed by atoms with Gasteiger partial charge in [-0.25, -0.2) is 17.4 Å². The maximum Gasteiger partial charge on any atom is 0.244 e. The quantitative estimate of drug-likeness (QED) is 0.747. The third kappa shape index (κ3) is 2.14. The summed E-state index contributed by atoms with van der Waals surface area (Å²) in [6, 6.07) is 14.1. The molecule has 1 aromatic heterocycles. The summed E-state index contributed by atoms with van der Waals surface area (Å²) in [5.74, 6) is -0.153. The highest BCUT2D eigenvalue weighted by atomic mass is 32.2. The predicted molar refractivity (Wildman–Crippen MR) is 78.6 cm³/mol. The Bertz CT molecular complexity index is 869. The van der Waals surface area contributed by atoms with Crippen LogP contribution in [-0.2, 0) is 15.8 Å². The van der Waals surface area contributed by atoms with Crippen molar-refractivity contribution in [2.45, 2.75) is 5.75 Å². The van der Waals surface area contributed by atoms with Crippen molar-refractivity contribution in [3.63, 3.8) is 0 Å². The second-order valence-corrected chi connectivity index (χ2v) is 6.33. The largest absolute Gasteiger partial charge is 0.398 e. The molecular formula is C14H13N3O2S. The van der Waals surface area contributed by atoms with Crippen LogP contribution in [-0.4, -0.2) is 17.4 Å². The van der Waals surface area contributed by atoms with Gasteiger partial charge in [-0.2, -0.15) is 0 Å². The lowest BCUT2D eigenvalue weighted by atomic mass is 10.2. The van der Waals surface area contributed by atoms with Crippen LogP contribution < -0.4 is 5.73 Å². The van der Waals surface area contributed by atoms with Crippen LogP contribution in [0.4, 0.5) is 5.69 Å². The van der Waals surface area contributed by atoms with E-state index in [-0.39, 0.29) is 5.75 Å². The van der Waals surface area contributed by atoms with Gasteiger partial charge in [0.15, 0.2) is 0 Å². The lowest BCUT2D eigenvalue weighted by molar-refractivity contribution is 0.588. The van der Waals surface area contributed by atoms with E-state index in [0.29, 0.717) is 22.3 Å². The number of imidazole rings is 1. The number of nitrogens with zero attached hydrogens (tertiary/aromatic N) is 2. The SMILES string of the molecule is Nc1ccccc1CS(=O)(=O)n1cnc2ccccc21. The first-order valence-electron chi connectivity index (χ1n) is 6.07. The van der Waals surface area contributed by atoms with Gasteiger partial charge in [-0.15, -0.1) is 0 Å². The van der Waals surface area contributed by atoms with E-state index in [4.69, 9.17) is 5.73 Å². The summed E-state index contributed by atoms with van der Waals surface area (Å²) in [4.78, 5) is 4.10. The molecule has 5 nitrogen and oxygen atoms in total.